The highest BCUT2D eigenvalue weighted by Gasteiger charge is 2.51. The third-order valence-electron chi connectivity index (χ3n) is 8.15. The van der Waals surface area contributed by atoms with E-state index in [4.69, 9.17) is 19.0 Å². The van der Waals surface area contributed by atoms with E-state index in [2.05, 4.69) is 74.4 Å². The summed E-state index contributed by atoms with van der Waals surface area (Å²) in [6.07, 6.45) is 4.49. The molecule has 0 radical (unpaired) electrons. The Morgan fingerprint density at radius 1 is 0.947 bits per heavy atom. The van der Waals surface area contributed by atoms with Crippen LogP contribution in [0.5, 0.6) is 0 Å². The van der Waals surface area contributed by atoms with Crippen molar-refractivity contribution in [2.24, 2.45) is 0 Å². The summed E-state index contributed by atoms with van der Waals surface area (Å²) in [7, 11) is -0.379. The molecule has 1 saturated heterocycles. The fourth-order valence-corrected chi connectivity index (χ4v) is 5.30. The van der Waals surface area contributed by atoms with Gasteiger partial charge in [-0.25, -0.2) is 9.78 Å². The Bertz CT molecular complexity index is 1300. The lowest BCUT2D eigenvalue weighted by Gasteiger charge is -2.36. The van der Waals surface area contributed by atoms with Crippen molar-refractivity contribution in [1.82, 2.24) is 15.3 Å². The first-order valence-electron chi connectivity index (χ1n) is 13.7. The molecule has 8 heteroatoms. The van der Waals surface area contributed by atoms with Crippen molar-refractivity contribution < 1.29 is 18.8 Å². The van der Waals surface area contributed by atoms with Crippen LogP contribution in [0, 0.1) is 0 Å². The molecule has 0 atom stereocenters. The lowest BCUT2D eigenvalue weighted by atomic mass is 9.78. The van der Waals surface area contributed by atoms with E-state index in [1.54, 1.807) is 0 Å². The second-order valence-electron chi connectivity index (χ2n) is 12.8. The van der Waals surface area contributed by atoms with E-state index in [9.17, 15) is 4.79 Å². The zero-order valence-electron chi connectivity index (χ0n) is 23.7. The molecule has 5 rings (SSSR count). The van der Waals surface area contributed by atoms with Gasteiger partial charge in [-0.2, -0.15) is 0 Å². The zero-order chi connectivity index (χ0) is 27.3. The Hall–Kier alpha value is -2.84. The van der Waals surface area contributed by atoms with Crippen LogP contribution in [-0.4, -0.2) is 40.0 Å². The summed E-state index contributed by atoms with van der Waals surface area (Å²) in [5, 5.41) is 3.18. The predicted molar refractivity (Wildman–Crippen MR) is 151 cm³/mol. The minimum atomic E-state index is -0.555. The lowest BCUT2D eigenvalue weighted by Crippen LogP contribution is -2.49. The van der Waals surface area contributed by atoms with Crippen LogP contribution in [-0.2, 0) is 19.6 Å². The predicted octanol–water partition coefficient (Wildman–Crippen LogP) is 6.21. The monoisotopic (exact) mass is 517 g/mol. The first-order chi connectivity index (χ1) is 17.8. The number of amides is 1. The molecule has 2 N–H and O–H groups in total. The van der Waals surface area contributed by atoms with E-state index in [0.29, 0.717) is 0 Å². The van der Waals surface area contributed by atoms with Crippen molar-refractivity contribution in [2.45, 2.75) is 103 Å². The summed E-state index contributed by atoms with van der Waals surface area (Å²) in [5.41, 5.74) is 3.18. The maximum Gasteiger partial charge on any atom is 0.494 e. The molecule has 0 bridgehead atoms. The van der Waals surface area contributed by atoms with Gasteiger partial charge in [-0.05, 0) is 90.0 Å². The number of benzene rings is 2. The number of aromatic nitrogens is 2. The number of H-pyrrole nitrogens is 1. The van der Waals surface area contributed by atoms with Crippen LogP contribution in [0.3, 0.4) is 0 Å². The van der Waals surface area contributed by atoms with Crippen LogP contribution in [0.2, 0.25) is 0 Å². The van der Waals surface area contributed by atoms with Crippen LogP contribution < -0.4 is 10.8 Å². The average Bonchev–Trinajstić information content (AvgIpc) is 3.36. The molecule has 202 valence electrons. The smallest absolute Gasteiger partial charge is 0.444 e. The molecule has 1 aliphatic carbocycles. The Kier molecular flexibility index (Phi) is 6.63. The van der Waals surface area contributed by atoms with Gasteiger partial charge in [0.1, 0.15) is 17.0 Å². The van der Waals surface area contributed by atoms with Gasteiger partial charge in [0.15, 0.2) is 0 Å². The molecule has 0 spiro atoms. The van der Waals surface area contributed by atoms with E-state index < -0.39 is 17.2 Å². The van der Waals surface area contributed by atoms with Crippen LogP contribution >= 0.6 is 0 Å². The highest BCUT2D eigenvalue weighted by molar-refractivity contribution is 6.62. The second-order valence-corrected chi connectivity index (χ2v) is 12.8. The third-order valence-corrected chi connectivity index (χ3v) is 8.15. The molecule has 1 amide bonds. The number of carbonyl (C=O) groups is 1. The topological polar surface area (TPSA) is 85.5 Å². The molecule has 38 heavy (non-hydrogen) atoms. The Morgan fingerprint density at radius 3 is 2.16 bits per heavy atom. The molecular formula is C30H40BN3O4. The van der Waals surface area contributed by atoms with Crippen LogP contribution in [0.25, 0.3) is 22.2 Å². The largest absolute Gasteiger partial charge is 0.494 e. The number of fused-ring (bicyclic) bond motifs is 1. The van der Waals surface area contributed by atoms with Gasteiger partial charge in [0.25, 0.3) is 0 Å². The van der Waals surface area contributed by atoms with Crippen LogP contribution in [0.15, 0.2) is 42.5 Å². The first kappa shape index (κ1) is 26.8. The van der Waals surface area contributed by atoms with Gasteiger partial charge in [0.05, 0.1) is 22.2 Å². The molecule has 0 unspecified atom stereocenters. The van der Waals surface area contributed by atoms with E-state index in [-0.39, 0.29) is 18.3 Å². The summed E-state index contributed by atoms with van der Waals surface area (Å²) < 4.78 is 18.0. The van der Waals surface area contributed by atoms with Crippen molar-refractivity contribution in [2.75, 3.05) is 0 Å². The zero-order valence-corrected chi connectivity index (χ0v) is 23.7. The fraction of sp³-hybridized carbons (Fsp3) is 0.533. The first-order valence-corrected chi connectivity index (χ1v) is 13.7. The number of carbonyl (C=O) groups excluding carboxylic acids is 1. The molecule has 3 aromatic rings. The highest BCUT2D eigenvalue weighted by atomic mass is 16.7. The van der Waals surface area contributed by atoms with Crippen LogP contribution in [0.4, 0.5) is 4.79 Å². The standard InChI is InChI=1S/C30H40BN3O4/c1-27(2,3)36-26(35)34-30(17-9-8-10-18-30)25-32-23-16-13-21(19-24(23)33-25)20-11-14-22(15-12-20)31-37-28(4,5)29(6,7)38-31/h11-16,19H,8-10,17-18H2,1-7H3,(H,32,33)(H,34,35). The van der Waals surface area contributed by atoms with Gasteiger partial charge in [-0.15, -0.1) is 0 Å². The van der Waals surface area contributed by atoms with Crippen molar-refractivity contribution in [3.8, 4) is 11.1 Å². The molecule has 7 nitrogen and oxygen atoms in total. The maximum atomic E-state index is 12.8. The minimum absolute atomic E-state index is 0.367. The normalized spacial score (nSPS) is 20.4. The van der Waals surface area contributed by atoms with Crippen molar-refractivity contribution in [1.29, 1.82) is 0 Å². The average molecular weight is 517 g/mol. The Balaban J connectivity index is 1.39. The molecule has 1 saturated carbocycles. The van der Waals surface area contributed by atoms with Gasteiger partial charge in [0.2, 0.25) is 0 Å². The van der Waals surface area contributed by atoms with E-state index in [1.807, 2.05) is 26.8 Å². The molecule has 2 heterocycles. The summed E-state index contributed by atoms with van der Waals surface area (Å²) in [6, 6.07) is 14.6. The number of alkyl carbamates (subject to hydrolysis) is 1. The second kappa shape index (κ2) is 9.42. The molecule has 2 fully saturated rings. The SMILES string of the molecule is CC(C)(C)OC(=O)NC1(c2nc3ccc(-c4ccc(B5OC(C)(C)C(C)(C)O5)cc4)cc3[nH]2)CCCCC1. The number of hydrogen-bond donors (Lipinski definition) is 2. The molecule has 1 aromatic heterocycles. The van der Waals surface area contributed by atoms with Crippen molar-refractivity contribution >= 4 is 29.7 Å². The Morgan fingerprint density at radius 2 is 1.55 bits per heavy atom. The quantitative estimate of drug-likeness (QED) is 0.402. The summed E-state index contributed by atoms with van der Waals surface area (Å²) in [4.78, 5) is 21.2. The van der Waals surface area contributed by atoms with Crippen molar-refractivity contribution in [3.63, 3.8) is 0 Å². The van der Waals surface area contributed by atoms with Crippen LogP contribution in [0.1, 0.15) is 86.4 Å². The minimum Gasteiger partial charge on any atom is -0.444 e. The number of ether oxygens (including phenoxy) is 1. The number of imidazole rings is 1. The summed E-state index contributed by atoms with van der Waals surface area (Å²) >= 11 is 0. The Labute approximate surface area is 226 Å². The molecular weight excluding hydrogens is 477 g/mol. The van der Waals surface area contributed by atoms with E-state index >= 15 is 0 Å². The number of nitrogens with zero attached hydrogens (tertiary/aromatic N) is 1. The number of aromatic amines is 1. The lowest BCUT2D eigenvalue weighted by molar-refractivity contribution is 0.00578. The third kappa shape index (κ3) is 5.21. The van der Waals surface area contributed by atoms with Crippen molar-refractivity contribution in [3.05, 3.63) is 48.3 Å². The highest BCUT2D eigenvalue weighted by Crippen LogP contribution is 2.38. The fourth-order valence-electron chi connectivity index (χ4n) is 5.30. The number of nitrogens with one attached hydrogen (secondary N) is 2. The molecule has 2 aromatic carbocycles. The van der Waals surface area contributed by atoms with Gasteiger partial charge in [0, 0.05) is 0 Å². The summed E-state index contributed by atoms with van der Waals surface area (Å²) in [5.74, 6) is 0.798. The van der Waals surface area contributed by atoms with E-state index in [1.165, 1.54) is 0 Å². The number of rotatable bonds is 4. The number of hydrogen-bond acceptors (Lipinski definition) is 5. The van der Waals surface area contributed by atoms with Gasteiger partial charge in [-0.3, -0.25) is 0 Å². The maximum absolute atomic E-state index is 12.8. The van der Waals surface area contributed by atoms with Gasteiger partial charge < -0.3 is 24.3 Å². The van der Waals surface area contributed by atoms with E-state index in [0.717, 1.165) is 65.6 Å². The van der Waals surface area contributed by atoms with Gasteiger partial charge >= 0.3 is 13.2 Å². The van der Waals surface area contributed by atoms with Gasteiger partial charge in [-0.1, -0.05) is 49.6 Å². The summed E-state index contributed by atoms with van der Waals surface area (Å²) in [6.45, 7) is 13.9. The molecule has 2 aliphatic rings. The molecule has 1 aliphatic heterocycles.